The molecule has 4 aromatic rings. The van der Waals surface area contributed by atoms with Gasteiger partial charge < -0.3 is 5.11 Å². The molecule has 2 heterocycles. The maximum absolute atomic E-state index is 13.9. The third kappa shape index (κ3) is 4.57. The molecule has 0 radical (unpaired) electrons. The third-order valence-corrected chi connectivity index (χ3v) is 8.73. The van der Waals surface area contributed by atoms with E-state index in [1.807, 2.05) is 44.2 Å². The molecule has 0 saturated carbocycles. The van der Waals surface area contributed by atoms with E-state index in [2.05, 4.69) is 9.97 Å². The minimum absolute atomic E-state index is 0.0780. The first-order chi connectivity index (χ1) is 17.8. The molecule has 0 aliphatic heterocycles. The zero-order valence-corrected chi connectivity index (χ0v) is 21.7. The van der Waals surface area contributed by atoms with Gasteiger partial charge in [-0.15, -0.1) is 0 Å². The summed E-state index contributed by atoms with van der Waals surface area (Å²) in [6.45, 7) is 3.96. The van der Waals surface area contributed by atoms with Gasteiger partial charge in [0.25, 0.3) is 5.56 Å². The van der Waals surface area contributed by atoms with E-state index in [1.165, 1.54) is 16.7 Å². The maximum atomic E-state index is 13.9. The van der Waals surface area contributed by atoms with Crippen molar-refractivity contribution in [2.75, 3.05) is 0 Å². The number of rotatable bonds is 7. The molecule has 0 unspecified atom stereocenters. The molecule has 1 N–H and O–H groups in total. The standard InChI is InChI=1S/C29H29N3O4S/c1-3-4-9-26-31-28(33)27(29(34)32(26)25-15-12-21-7-5-6-8-24(21)25)37(35,36)23-13-10-20(11-14-23)22-16-19(2)17-30-18-22/h5-8,10-11,13-14,16-18,25,33H,3-4,9,12,15H2,1-2H3/t25-/m0/s1. The molecular formula is C29H29N3O4S. The summed E-state index contributed by atoms with van der Waals surface area (Å²) in [5.41, 5.74) is 4.05. The van der Waals surface area contributed by atoms with Crippen LogP contribution in [0.25, 0.3) is 11.1 Å². The average Bonchev–Trinajstić information content (AvgIpc) is 3.31. The number of hydrogen-bond acceptors (Lipinski definition) is 6. The Balaban J connectivity index is 1.62. The maximum Gasteiger partial charge on any atom is 0.277 e. The highest BCUT2D eigenvalue weighted by Gasteiger charge is 2.33. The molecule has 2 aromatic carbocycles. The Morgan fingerprint density at radius 3 is 2.54 bits per heavy atom. The van der Waals surface area contributed by atoms with Crippen molar-refractivity contribution in [3.05, 3.63) is 99.9 Å². The van der Waals surface area contributed by atoms with Gasteiger partial charge in [0, 0.05) is 24.4 Å². The van der Waals surface area contributed by atoms with Crippen LogP contribution in [-0.2, 0) is 22.7 Å². The summed E-state index contributed by atoms with van der Waals surface area (Å²) in [5, 5.41) is 10.8. The quantitative estimate of drug-likeness (QED) is 0.370. The van der Waals surface area contributed by atoms with E-state index in [9.17, 15) is 18.3 Å². The Morgan fingerprint density at radius 2 is 1.81 bits per heavy atom. The first-order valence-electron chi connectivity index (χ1n) is 12.5. The van der Waals surface area contributed by atoms with Crippen molar-refractivity contribution < 1.29 is 13.5 Å². The lowest BCUT2D eigenvalue weighted by Crippen LogP contribution is -2.33. The number of unbranched alkanes of at least 4 members (excludes halogenated alkanes) is 1. The fraction of sp³-hybridized carbons (Fsp3) is 0.276. The van der Waals surface area contributed by atoms with Crippen LogP contribution in [0.5, 0.6) is 5.88 Å². The summed E-state index contributed by atoms with van der Waals surface area (Å²) < 4.78 is 28.9. The molecule has 0 fully saturated rings. The fourth-order valence-electron chi connectivity index (χ4n) is 5.08. The van der Waals surface area contributed by atoms with Crippen molar-refractivity contribution in [1.82, 2.24) is 14.5 Å². The van der Waals surface area contributed by atoms with E-state index in [0.717, 1.165) is 47.1 Å². The lowest BCUT2D eigenvalue weighted by Gasteiger charge is -2.21. The predicted molar refractivity (Wildman–Crippen MR) is 142 cm³/mol. The van der Waals surface area contributed by atoms with Crippen LogP contribution < -0.4 is 5.56 Å². The number of aromatic nitrogens is 3. The summed E-state index contributed by atoms with van der Waals surface area (Å²) in [5.74, 6) is -0.335. The highest BCUT2D eigenvalue weighted by molar-refractivity contribution is 7.91. The largest absolute Gasteiger partial charge is 0.492 e. The molecule has 0 spiro atoms. The van der Waals surface area contributed by atoms with Crippen LogP contribution >= 0.6 is 0 Å². The number of sulfone groups is 1. The lowest BCUT2D eigenvalue weighted by atomic mass is 10.1. The van der Waals surface area contributed by atoms with Gasteiger partial charge in [0.1, 0.15) is 5.82 Å². The molecule has 0 amide bonds. The molecule has 1 atom stereocenters. The normalized spacial score (nSPS) is 15.0. The van der Waals surface area contributed by atoms with Crippen LogP contribution in [0.1, 0.15) is 54.7 Å². The van der Waals surface area contributed by atoms with Gasteiger partial charge in [-0.05, 0) is 66.6 Å². The van der Waals surface area contributed by atoms with Gasteiger partial charge in [0.2, 0.25) is 15.7 Å². The number of benzene rings is 2. The Hall–Kier alpha value is -3.78. The number of fused-ring (bicyclic) bond motifs is 1. The van der Waals surface area contributed by atoms with Gasteiger partial charge in [0.05, 0.1) is 10.9 Å². The first kappa shape index (κ1) is 24.9. The van der Waals surface area contributed by atoms with Crippen LogP contribution in [0.4, 0.5) is 0 Å². The molecule has 0 saturated heterocycles. The number of aryl methyl sites for hydroxylation is 3. The van der Waals surface area contributed by atoms with E-state index < -0.39 is 26.2 Å². The van der Waals surface area contributed by atoms with Crippen molar-refractivity contribution in [3.63, 3.8) is 0 Å². The highest BCUT2D eigenvalue weighted by Crippen LogP contribution is 2.35. The average molecular weight is 516 g/mol. The van der Waals surface area contributed by atoms with Crippen molar-refractivity contribution in [2.24, 2.45) is 0 Å². The summed E-state index contributed by atoms with van der Waals surface area (Å²) in [6, 6.07) is 15.8. The molecule has 5 rings (SSSR count). The molecule has 190 valence electrons. The number of aromatic hydroxyl groups is 1. The minimum Gasteiger partial charge on any atom is -0.492 e. The van der Waals surface area contributed by atoms with E-state index >= 15 is 0 Å². The topological polar surface area (TPSA) is 102 Å². The van der Waals surface area contributed by atoms with E-state index in [0.29, 0.717) is 18.7 Å². The van der Waals surface area contributed by atoms with Crippen molar-refractivity contribution in [2.45, 2.75) is 61.8 Å². The fourth-order valence-corrected chi connectivity index (χ4v) is 6.42. The van der Waals surface area contributed by atoms with Crippen LogP contribution in [0, 0.1) is 6.92 Å². The van der Waals surface area contributed by atoms with Crippen molar-refractivity contribution in [1.29, 1.82) is 0 Å². The highest BCUT2D eigenvalue weighted by atomic mass is 32.2. The molecule has 0 bridgehead atoms. The second-order valence-electron chi connectivity index (χ2n) is 9.49. The van der Waals surface area contributed by atoms with Gasteiger partial charge >= 0.3 is 0 Å². The summed E-state index contributed by atoms with van der Waals surface area (Å²) in [6.07, 6.45) is 7.03. The minimum atomic E-state index is -4.34. The monoisotopic (exact) mass is 515 g/mol. The van der Waals surface area contributed by atoms with Gasteiger partial charge in [-0.25, -0.2) is 8.42 Å². The smallest absolute Gasteiger partial charge is 0.277 e. The summed E-state index contributed by atoms with van der Waals surface area (Å²) >= 11 is 0. The predicted octanol–water partition coefficient (Wildman–Crippen LogP) is 5.03. The Labute approximate surface area is 216 Å². The lowest BCUT2D eigenvalue weighted by molar-refractivity contribution is 0.408. The summed E-state index contributed by atoms with van der Waals surface area (Å²) in [4.78, 5) is 21.6. The zero-order valence-electron chi connectivity index (χ0n) is 20.9. The van der Waals surface area contributed by atoms with E-state index in [-0.39, 0.29) is 10.9 Å². The summed E-state index contributed by atoms with van der Waals surface area (Å²) in [7, 11) is -4.34. The van der Waals surface area contributed by atoms with Crippen LogP contribution in [-0.4, -0.2) is 28.1 Å². The third-order valence-electron chi connectivity index (χ3n) is 6.94. The van der Waals surface area contributed by atoms with Crippen molar-refractivity contribution in [3.8, 4) is 17.0 Å². The number of pyridine rings is 1. The molecule has 1 aliphatic rings. The Bertz CT molecular complexity index is 1630. The number of hydrogen-bond donors (Lipinski definition) is 1. The van der Waals surface area contributed by atoms with Crippen LogP contribution in [0.15, 0.2) is 81.6 Å². The molecule has 1 aliphatic carbocycles. The van der Waals surface area contributed by atoms with Crippen molar-refractivity contribution >= 4 is 9.84 Å². The van der Waals surface area contributed by atoms with Gasteiger partial charge in [-0.3, -0.25) is 14.3 Å². The van der Waals surface area contributed by atoms with Gasteiger partial charge in [-0.1, -0.05) is 49.7 Å². The molecule has 37 heavy (non-hydrogen) atoms. The van der Waals surface area contributed by atoms with E-state index in [4.69, 9.17) is 0 Å². The van der Waals surface area contributed by atoms with Crippen LogP contribution in [0.2, 0.25) is 0 Å². The Morgan fingerprint density at radius 1 is 1.05 bits per heavy atom. The molecule has 2 aromatic heterocycles. The van der Waals surface area contributed by atoms with Gasteiger partial charge in [0.15, 0.2) is 4.90 Å². The molecular weight excluding hydrogens is 486 g/mol. The zero-order chi connectivity index (χ0) is 26.2. The Kier molecular flexibility index (Phi) is 6.69. The molecule has 8 heteroatoms. The number of nitrogens with zero attached hydrogens (tertiary/aromatic N) is 3. The van der Waals surface area contributed by atoms with E-state index in [1.54, 1.807) is 24.5 Å². The first-order valence-corrected chi connectivity index (χ1v) is 14.0. The second-order valence-corrected chi connectivity index (χ2v) is 11.4. The SMILES string of the molecule is CCCCc1nc(O)c(S(=O)(=O)c2ccc(-c3cncc(C)c3)cc2)c(=O)n1[C@H]1CCc2ccccc21. The van der Waals surface area contributed by atoms with Crippen LogP contribution in [0.3, 0.4) is 0 Å². The second kappa shape index (κ2) is 9.94. The molecule has 7 nitrogen and oxygen atoms in total. The van der Waals surface area contributed by atoms with Gasteiger partial charge in [-0.2, -0.15) is 4.98 Å².